The largest absolute Gasteiger partial charge is 1.00 e. The van der Waals surface area contributed by atoms with Crippen molar-refractivity contribution in [1.29, 1.82) is 0 Å². The molecule has 18 heavy (non-hydrogen) atoms. The Hall–Kier alpha value is 1.11. The van der Waals surface area contributed by atoms with Gasteiger partial charge in [-0.15, -0.1) is 0 Å². The second-order valence-electron chi connectivity index (χ2n) is 5.18. The molecule has 0 heterocycles. The molecule has 2 aliphatic carbocycles. The van der Waals surface area contributed by atoms with E-state index in [1.807, 2.05) is 0 Å². The van der Waals surface area contributed by atoms with E-state index in [0.29, 0.717) is 0 Å². The average molecular weight is 284 g/mol. The number of rotatable bonds is 4. The van der Waals surface area contributed by atoms with E-state index in [0.717, 1.165) is 51.4 Å². The smallest absolute Gasteiger partial charge is 0.756 e. The van der Waals surface area contributed by atoms with Crippen LogP contribution < -0.4 is 34.5 Å². The van der Waals surface area contributed by atoms with E-state index in [1.165, 1.54) is 12.8 Å². The Labute approximate surface area is 132 Å². The van der Waals surface area contributed by atoms with Crippen LogP contribution in [0.1, 0.15) is 64.2 Å². The predicted molar refractivity (Wildman–Crippen MR) is 63.5 cm³/mol. The zero-order chi connectivity index (χ0) is 12.1. The quantitative estimate of drug-likeness (QED) is 0.545. The van der Waals surface area contributed by atoms with Crippen LogP contribution in [0, 0.1) is 0 Å². The van der Waals surface area contributed by atoms with Gasteiger partial charge >= 0.3 is 29.6 Å². The Morgan fingerprint density at radius 1 is 0.778 bits per heavy atom. The Morgan fingerprint density at radius 3 is 1.44 bits per heavy atom. The zero-order valence-electron chi connectivity index (χ0n) is 11.3. The van der Waals surface area contributed by atoms with Gasteiger partial charge in [-0.25, -0.2) is 0 Å². The molecule has 2 aliphatic rings. The SMILES string of the molecule is O=P([O-])(OC1CCCCC1)OC1CCCCC1.[Na+]. The van der Waals surface area contributed by atoms with E-state index < -0.39 is 7.82 Å². The molecule has 0 bridgehead atoms. The van der Waals surface area contributed by atoms with Crippen molar-refractivity contribution < 1.29 is 48.1 Å². The fourth-order valence-corrected chi connectivity index (χ4v) is 3.93. The molecule has 0 aromatic rings. The van der Waals surface area contributed by atoms with E-state index in [9.17, 15) is 9.46 Å². The molecule has 0 aromatic carbocycles. The molecule has 0 aromatic heterocycles. The van der Waals surface area contributed by atoms with Crippen LogP contribution in [0.5, 0.6) is 0 Å². The molecule has 0 spiro atoms. The summed E-state index contributed by atoms with van der Waals surface area (Å²) in [6, 6.07) is 0. The maximum absolute atomic E-state index is 11.8. The van der Waals surface area contributed by atoms with Crippen molar-refractivity contribution in [1.82, 2.24) is 0 Å². The monoisotopic (exact) mass is 284 g/mol. The van der Waals surface area contributed by atoms with Gasteiger partial charge in [0.05, 0.1) is 12.2 Å². The first kappa shape index (κ1) is 17.2. The molecule has 2 rings (SSSR count). The summed E-state index contributed by atoms with van der Waals surface area (Å²) in [6.07, 6.45) is 9.73. The second-order valence-corrected chi connectivity index (χ2v) is 6.49. The van der Waals surface area contributed by atoms with Crippen molar-refractivity contribution in [2.75, 3.05) is 0 Å². The van der Waals surface area contributed by atoms with E-state index in [4.69, 9.17) is 9.05 Å². The van der Waals surface area contributed by atoms with Gasteiger partial charge in [0.1, 0.15) is 0 Å². The number of hydrogen-bond acceptors (Lipinski definition) is 4. The molecule has 6 heteroatoms. The Balaban J connectivity index is 0.00000162. The molecule has 0 aliphatic heterocycles. The molecule has 2 saturated carbocycles. The maximum Gasteiger partial charge on any atom is 1.00 e. The van der Waals surface area contributed by atoms with Crippen molar-refractivity contribution in [2.24, 2.45) is 0 Å². The zero-order valence-corrected chi connectivity index (χ0v) is 14.2. The third-order valence-corrected chi connectivity index (χ3v) is 4.77. The molecule has 4 nitrogen and oxygen atoms in total. The van der Waals surface area contributed by atoms with Gasteiger partial charge in [-0.1, -0.05) is 38.5 Å². The topological polar surface area (TPSA) is 58.6 Å². The summed E-state index contributed by atoms with van der Waals surface area (Å²) in [6.45, 7) is 0. The first-order valence-corrected chi connectivity index (χ1v) is 8.30. The van der Waals surface area contributed by atoms with Gasteiger partial charge in [-0.2, -0.15) is 0 Å². The minimum Gasteiger partial charge on any atom is -0.756 e. The summed E-state index contributed by atoms with van der Waals surface area (Å²) in [5, 5.41) is 0. The summed E-state index contributed by atoms with van der Waals surface area (Å²) in [4.78, 5) is 11.8. The van der Waals surface area contributed by atoms with Gasteiger partial charge < -0.3 is 13.9 Å². The molecular formula is C12H22NaO4P. The van der Waals surface area contributed by atoms with Crippen LogP contribution in [0.25, 0.3) is 0 Å². The second kappa shape index (κ2) is 8.41. The Kier molecular flexibility index (Phi) is 8.02. The number of phosphoric acid groups is 1. The van der Waals surface area contributed by atoms with Crippen LogP contribution in [0.4, 0.5) is 0 Å². The van der Waals surface area contributed by atoms with Crippen molar-refractivity contribution in [3.63, 3.8) is 0 Å². The van der Waals surface area contributed by atoms with Gasteiger partial charge in [0.2, 0.25) is 0 Å². The van der Waals surface area contributed by atoms with E-state index >= 15 is 0 Å². The molecule has 0 radical (unpaired) electrons. The van der Waals surface area contributed by atoms with E-state index in [1.54, 1.807) is 0 Å². The molecule has 0 amide bonds. The van der Waals surface area contributed by atoms with Crippen LogP contribution in [-0.2, 0) is 13.6 Å². The van der Waals surface area contributed by atoms with Crippen molar-refractivity contribution >= 4 is 7.82 Å². The minimum absolute atomic E-state index is 0. The van der Waals surface area contributed by atoms with Crippen LogP contribution in [0.15, 0.2) is 0 Å². The average Bonchev–Trinajstić information content (AvgIpc) is 2.30. The predicted octanol–water partition coefficient (Wildman–Crippen LogP) is 0.157. The Morgan fingerprint density at radius 2 is 1.11 bits per heavy atom. The molecular weight excluding hydrogens is 262 g/mol. The third kappa shape index (κ3) is 6.04. The van der Waals surface area contributed by atoms with Gasteiger partial charge in [0.15, 0.2) is 0 Å². The molecule has 100 valence electrons. The molecule has 0 unspecified atom stereocenters. The fraction of sp³-hybridized carbons (Fsp3) is 1.00. The van der Waals surface area contributed by atoms with Crippen LogP contribution in [0.2, 0.25) is 0 Å². The van der Waals surface area contributed by atoms with Crippen molar-refractivity contribution in [3.8, 4) is 0 Å². The van der Waals surface area contributed by atoms with Gasteiger partial charge in [0.25, 0.3) is 7.82 Å². The van der Waals surface area contributed by atoms with Gasteiger partial charge in [-0.3, -0.25) is 4.57 Å². The van der Waals surface area contributed by atoms with Gasteiger partial charge in [-0.05, 0) is 25.7 Å². The fourth-order valence-electron chi connectivity index (χ4n) is 2.73. The summed E-state index contributed by atoms with van der Waals surface area (Å²) in [5.41, 5.74) is 0. The first-order chi connectivity index (χ1) is 8.16. The normalized spacial score (nSPS) is 23.6. The van der Waals surface area contributed by atoms with E-state index in [2.05, 4.69) is 0 Å². The summed E-state index contributed by atoms with van der Waals surface area (Å²) >= 11 is 0. The van der Waals surface area contributed by atoms with E-state index in [-0.39, 0.29) is 41.8 Å². The minimum atomic E-state index is -4.08. The van der Waals surface area contributed by atoms with Crippen molar-refractivity contribution in [3.05, 3.63) is 0 Å². The molecule has 0 saturated heterocycles. The summed E-state index contributed by atoms with van der Waals surface area (Å²) < 4.78 is 22.1. The molecule has 0 N–H and O–H groups in total. The summed E-state index contributed by atoms with van der Waals surface area (Å²) in [7, 11) is -4.08. The Bertz CT molecular complexity index is 251. The molecule has 0 atom stereocenters. The van der Waals surface area contributed by atoms with Crippen LogP contribution >= 0.6 is 7.82 Å². The standard InChI is InChI=1S/C12H23O4P.Na/c13-17(14,15-11-7-3-1-4-8-11)16-12-9-5-2-6-10-12;/h11-12H,1-10H2,(H,13,14);/q;+1/p-1. The summed E-state index contributed by atoms with van der Waals surface area (Å²) in [5.74, 6) is 0. The third-order valence-electron chi connectivity index (χ3n) is 3.66. The first-order valence-electron chi connectivity index (χ1n) is 6.83. The van der Waals surface area contributed by atoms with Gasteiger partial charge in [0, 0.05) is 0 Å². The van der Waals surface area contributed by atoms with Crippen LogP contribution in [0.3, 0.4) is 0 Å². The molecule has 2 fully saturated rings. The maximum atomic E-state index is 11.8. The van der Waals surface area contributed by atoms with Crippen LogP contribution in [-0.4, -0.2) is 12.2 Å². The number of phosphoric ester groups is 1. The number of hydrogen-bond donors (Lipinski definition) is 0. The van der Waals surface area contributed by atoms with Crippen molar-refractivity contribution in [2.45, 2.75) is 76.4 Å².